The average molecular weight is 408 g/mol. The number of aromatic nitrogens is 2. The Balaban J connectivity index is 1.77. The van der Waals surface area contributed by atoms with Crippen molar-refractivity contribution in [3.05, 3.63) is 29.7 Å². The molecule has 0 saturated carbocycles. The van der Waals surface area contributed by atoms with E-state index in [-0.39, 0.29) is 6.54 Å². The molecule has 2 atom stereocenters. The lowest BCUT2D eigenvalue weighted by atomic mass is 10.2. The number of likely N-dealkylation sites (tertiary alicyclic amines) is 1. The van der Waals surface area contributed by atoms with Gasteiger partial charge < -0.3 is 14.2 Å². The summed E-state index contributed by atoms with van der Waals surface area (Å²) in [5.41, 5.74) is -0.0300. The Morgan fingerprint density at radius 1 is 1.25 bits per heavy atom. The standard InChI is InChI=1S/C19H22ClN3O5/c1-19(2,3)28-18(25)23-9-12(8-15(23)17(24)26-4)27-11-5-6-13-14(7-11)21-10-22-16(13)20/h5-7,10,12,15H,8-9H2,1-4H3/t12-,15-/m0/s1. The van der Waals surface area contributed by atoms with Crippen LogP contribution in [0.2, 0.25) is 5.15 Å². The number of rotatable bonds is 3. The van der Waals surface area contributed by atoms with E-state index in [4.69, 9.17) is 25.8 Å². The van der Waals surface area contributed by atoms with Crippen molar-refractivity contribution in [3.63, 3.8) is 0 Å². The highest BCUT2D eigenvalue weighted by molar-refractivity contribution is 6.34. The largest absolute Gasteiger partial charge is 0.488 e. The second-order valence-electron chi connectivity index (χ2n) is 7.49. The maximum Gasteiger partial charge on any atom is 0.411 e. The summed E-state index contributed by atoms with van der Waals surface area (Å²) in [5.74, 6) is 0.0527. The van der Waals surface area contributed by atoms with Gasteiger partial charge in [-0.25, -0.2) is 19.6 Å². The van der Waals surface area contributed by atoms with Gasteiger partial charge in [-0.05, 0) is 32.9 Å². The number of esters is 1. The van der Waals surface area contributed by atoms with Crippen molar-refractivity contribution in [1.29, 1.82) is 0 Å². The SMILES string of the molecule is COC(=O)[C@@H]1C[C@H](Oc2ccc3c(Cl)ncnc3c2)CN1C(=O)OC(C)(C)C. The molecule has 0 unspecified atom stereocenters. The van der Waals surface area contributed by atoms with Gasteiger partial charge in [-0.2, -0.15) is 0 Å². The molecule has 28 heavy (non-hydrogen) atoms. The van der Waals surface area contributed by atoms with E-state index in [1.165, 1.54) is 18.3 Å². The Morgan fingerprint density at radius 2 is 2.00 bits per heavy atom. The lowest BCUT2D eigenvalue weighted by Crippen LogP contribution is -2.44. The summed E-state index contributed by atoms with van der Waals surface area (Å²) in [6.07, 6.45) is 0.703. The molecule has 3 rings (SSSR count). The Morgan fingerprint density at radius 3 is 2.68 bits per heavy atom. The van der Waals surface area contributed by atoms with Crippen LogP contribution in [0.4, 0.5) is 4.79 Å². The number of carbonyl (C=O) groups excluding carboxylic acids is 2. The molecule has 8 nitrogen and oxygen atoms in total. The number of ether oxygens (including phenoxy) is 3. The fourth-order valence-corrected chi connectivity index (χ4v) is 3.24. The molecule has 0 bridgehead atoms. The quantitative estimate of drug-likeness (QED) is 0.569. The van der Waals surface area contributed by atoms with E-state index < -0.39 is 29.8 Å². The summed E-state index contributed by atoms with van der Waals surface area (Å²) < 4.78 is 16.2. The third-order valence-electron chi connectivity index (χ3n) is 4.23. The first-order valence-electron chi connectivity index (χ1n) is 8.82. The molecule has 0 N–H and O–H groups in total. The van der Waals surface area contributed by atoms with Crippen molar-refractivity contribution in [2.75, 3.05) is 13.7 Å². The zero-order valence-corrected chi connectivity index (χ0v) is 16.9. The minimum Gasteiger partial charge on any atom is -0.488 e. The van der Waals surface area contributed by atoms with E-state index in [0.717, 1.165) is 0 Å². The summed E-state index contributed by atoms with van der Waals surface area (Å²) >= 11 is 6.05. The molecule has 1 fully saturated rings. The molecule has 150 valence electrons. The number of methoxy groups -OCH3 is 1. The Hall–Kier alpha value is -2.61. The van der Waals surface area contributed by atoms with Crippen LogP contribution in [0.25, 0.3) is 10.9 Å². The van der Waals surface area contributed by atoms with Crippen molar-refractivity contribution in [3.8, 4) is 5.75 Å². The Kier molecular flexibility index (Phi) is 5.60. The number of fused-ring (bicyclic) bond motifs is 1. The molecule has 1 aliphatic rings. The van der Waals surface area contributed by atoms with Crippen molar-refractivity contribution in [1.82, 2.24) is 14.9 Å². The summed E-state index contributed by atoms with van der Waals surface area (Å²) in [4.78, 5) is 34.1. The smallest absolute Gasteiger partial charge is 0.411 e. The first-order valence-corrected chi connectivity index (χ1v) is 9.20. The number of benzene rings is 1. The molecule has 1 aromatic heterocycles. The number of nitrogens with zero attached hydrogens (tertiary/aromatic N) is 3. The van der Waals surface area contributed by atoms with Gasteiger partial charge in [-0.3, -0.25) is 4.90 Å². The number of carbonyl (C=O) groups is 2. The van der Waals surface area contributed by atoms with Crippen LogP contribution in [-0.2, 0) is 14.3 Å². The molecule has 0 aliphatic carbocycles. The molecule has 2 aromatic rings. The van der Waals surface area contributed by atoms with Gasteiger partial charge in [-0.15, -0.1) is 0 Å². The van der Waals surface area contributed by atoms with E-state index >= 15 is 0 Å². The topological polar surface area (TPSA) is 90.9 Å². The van der Waals surface area contributed by atoms with Gasteiger partial charge in [0.15, 0.2) is 0 Å². The highest BCUT2D eigenvalue weighted by atomic mass is 35.5. The van der Waals surface area contributed by atoms with Gasteiger partial charge in [-0.1, -0.05) is 11.6 Å². The first-order chi connectivity index (χ1) is 13.2. The molecule has 2 heterocycles. The highest BCUT2D eigenvalue weighted by Crippen LogP contribution is 2.28. The summed E-state index contributed by atoms with van der Waals surface area (Å²) in [7, 11) is 1.29. The lowest BCUT2D eigenvalue weighted by Gasteiger charge is -2.27. The fraction of sp³-hybridized carbons (Fsp3) is 0.474. The van der Waals surface area contributed by atoms with E-state index in [1.54, 1.807) is 39.0 Å². The van der Waals surface area contributed by atoms with E-state index in [9.17, 15) is 9.59 Å². The minimum atomic E-state index is -0.762. The molecular weight excluding hydrogens is 386 g/mol. The fourth-order valence-electron chi connectivity index (χ4n) is 3.03. The van der Waals surface area contributed by atoms with Crippen molar-refractivity contribution in [2.24, 2.45) is 0 Å². The van der Waals surface area contributed by atoms with Crippen LogP contribution in [0.3, 0.4) is 0 Å². The molecule has 1 aromatic carbocycles. The molecule has 1 aliphatic heterocycles. The Bertz CT molecular complexity index is 899. The Labute approximate surface area is 167 Å². The van der Waals surface area contributed by atoms with E-state index in [2.05, 4.69) is 9.97 Å². The lowest BCUT2D eigenvalue weighted by molar-refractivity contribution is -0.145. The number of halogens is 1. The van der Waals surface area contributed by atoms with Crippen LogP contribution >= 0.6 is 11.6 Å². The van der Waals surface area contributed by atoms with Crippen LogP contribution in [-0.4, -0.2) is 58.3 Å². The maximum absolute atomic E-state index is 12.5. The van der Waals surface area contributed by atoms with Crippen molar-refractivity contribution >= 4 is 34.6 Å². The van der Waals surface area contributed by atoms with Crippen LogP contribution in [0.15, 0.2) is 24.5 Å². The molecule has 9 heteroatoms. The van der Waals surface area contributed by atoms with Crippen LogP contribution in [0.5, 0.6) is 5.75 Å². The monoisotopic (exact) mass is 407 g/mol. The molecule has 0 spiro atoms. The summed E-state index contributed by atoms with van der Waals surface area (Å²) in [6, 6.07) is 4.50. The number of hydrogen-bond acceptors (Lipinski definition) is 7. The molecule has 1 saturated heterocycles. The van der Waals surface area contributed by atoms with Crippen LogP contribution in [0.1, 0.15) is 27.2 Å². The van der Waals surface area contributed by atoms with E-state index in [1.807, 2.05) is 0 Å². The zero-order chi connectivity index (χ0) is 20.5. The average Bonchev–Trinajstić information content (AvgIpc) is 3.04. The van der Waals surface area contributed by atoms with Gasteiger partial charge in [0.1, 0.15) is 35.0 Å². The minimum absolute atomic E-state index is 0.206. The first kappa shape index (κ1) is 20.1. The van der Waals surface area contributed by atoms with Gasteiger partial charge in [0.2, 0.25) is 0 Å². The predicted octanol–water partition coefficient (Wildman–Crippen LogP) is 3.21. The summed E-state index contributed by atoms with van der Waals surface area (Å²) in [5, 5.41) is 1.07. The number of amides is 1. The molecule has 0 radical (unpaired) electrons. The van der Waals surface area contributed by atoms with Crippen molar-refractivity contribution in [2.45, 2.75) is 44.9 Å². The van der Waals surface area contributed by atoms with E-state index in [0.29, 0.717) is 28.2 Å². The third-order valence-corrected chi connectivity index (χ3v) is 4.53. The van der Waals surface area contributed by atoms with Gasteiger partial charge in [0, 0.05) is 17.9 Å². The predicted molar refractivity (Wildman–Crippen MR) is 102 cm³/mol. The normalized spacial score (nSPS) is 19.5. The van der Waals surface area contributed by atoms with Crippen LogP contribution < -0.4 is 4.74 Å². The van der Waals surface area contributed by atoms with Crippen molar-refractivity contribution < 1.29 is 23.8 Å². The zero-order valence-electron chi connectivity index (χ0n) is 16.1. The number of hydrogen-bond donors (Lipinski definition) is 0. The van der Waals surface area contributed by atoms with Crippen LogP contribution in [0, 0.1) is 0 Å². The van der Waals surface area contributed by atoms with Gasteiger partial charge >= 0.3 is 12.1 Å². The van der Waals surface area contributed by atoms with Gasteiger partial charge in [0.05, 0.1) is 19.2 Å². The molecular formula is C19H22ClN3O5. The second kappa shape index (κ2) is 7.79. The summed E-state index contributed by atoms with van der Waals surface area (Å²) in [6.45, 7) is 5.51. The maximum atomic E-state index is 12.5. The molecule has 1 amide bonds. The second-order valence-corrected chi connectivity index (χ2v) is 7.85. The van der Waals surface area contributed by atoms with Gasteiger partial charge in [0.25, 0.3) is 0 Å². The highest BCUT2D eigenvalue weighted by Gasteiger charge is 2.43. The third kappa shape index (κ3) is 4.44.